The van der Waals surface area contributed by atoms with E-state index in [9.17, 15) is 8.42 Å². The molecule has 1 heterocycles. The molecule has 0 bridgehead atoms. The lowest BCUT2D eigenvalue weighted by molar-refractivity contribution is 0.590. The molecule has 0 unspecified atom stereocenters. The van der Waals surface area contributed by atoms with Gasteiger partial charge < -0.3 is 0 Å². The SMILES string of the molecule is Cc1ccc(S(=O)(=O)N(/N=C\C=C/c2ccccc2)c2nnc(-c3ccccc3)c(-c3ccccc3)n2)cc1. The number of hydrogen-bond acceptors (Lipinski definition) is 6. The minimum atomic E-state index is -4.16. The lowest BCUT2D eigenvalue weighted by Gasteiger charge is -2.18. The van der Waals surface area contributed by atoms with E-state index in [4.69, 9.17) is 4.98 Å². The van der Waals surface area contributed by atoms with Crippen LogP contribution in [0.3, 0.4) is 0 Å². The molecular formula is C31H25N5O2S. The van der Waals surface area contributed by atoms with Gasteiger partial charge in [-0.1, -0.05) is 115 Å². The van der Waals surface area contributed by atoms with E-state index >= 15 is 0 Å². The Morgan fingerprint density at radius 1 is 0.692 bits per heavy atom. The first-order valence-corrected chi connectivity index (χ1v) is 13.7. The number of allylic oxidation sites excluding steroid dienone is 1. The average molecular weight is 532 g/mol. The smallest absolute Gasteiger partial charge is 0.207 e. The summed E-state index contributed by atoms with van der Waals surface area (Å²) in [6, 6.07) is 35.2. The van der Waals surface area contributed by atoms with Gasteiger partial charge in [0.2, 0.25) is 0 Å². The van der Waals surface area contributed by atoms with Crippen molar-refractivity contribution < 1.29 is 8.42 Å². The third-order valence-electron chi connectivity index (χ3n) is 5.83. The lowest BCUT2D eigenvalue weighted by Crippen LogP contribution is -2.28. The first-order valence-electron chi connectivity index (χ1n) is 12.3. The van der Waals surface area contributed by atoms with Gasteiger partial charge >= 0.3 is 0 Å². The van der Waals surface area contributed by atoms with Gasteiger partial charge in [0, 0.05) is 17.3 Å². The molecule has 0 atom stereocenters. The second-order valence-electron chi connectivity index (χ2n) is 8.64. The van der Waals surface area contributed by atoms with Crippen LogP contribution in [0, 0.1) is 6.92 Å². The number of benzene rings is 4. The van der Waals surface area contributed by atoms with Crippen molar-refractivity contribution in [2.24, 2.45) is 5.10 Å². The van der Waals surface area contributed by atoms with E-state index < -0.39 is 10.0 Å². The van der Waals surface area contributed by atoms with Gasteiger partial charge in [0.1, 0.15) is 11.4 Å². The van der Waals surface area contributed by atoms with E-state index in [2.05, 4.69) is 15.3 Å². The number of anilines is 1. The quantitative estimate of drug-likeness (QED) is 0.171. The van der Waals surface area contributed by atoms with Crippen molar-refractivity contribution in [2.45, 2.75) is 11.8 Å². The summed E-state index contributed by atoms with van der Waals surface area (Å²) < 4.78 is 28.4. The molecule has 8 heteroatoms. The summed E-state index contributed by atoms with van der Waals surface area (Å²) in [5, 5.41) is 13.0. The number of rotatable bonds is 8. The highest BCUT2D eigenvalue weighted by atomic mass is 32.2. The van der Waals surface area contributed by atoms with E-state index in [0.29, 0.717) is 11.4 Å². The van der Waals surface area contributed by atoms with Crippen molar-refractivity contribution in [1.82, 2.24) is 15.2 Å². The largest absolute Gasteiger partial charge is 0.286 e. The maximum atomic E-state index is 13.8. The number of aromatic nitrogens is 3. The molecule has 4 aromatic carbocycles. The molecule has 39 heavy (non-hydrogen) atoms. The number of hydrazone groups is 1. The van der Waals surface area contributed by atoms with Crippen LogP contribution in [0.1, 0.15) is 11.1 Å². The van der Waals surface area contributed by atoms with Gasteiger partial charge in [0.05, 0.1) is 4.90 Å². The third kappa shape index (κ3) is 5.97. The van der Waals surface area contributed by atoms with Crippen molar-refractivity contribution in [3.8, 4) is 22.5 Å². The Morgan fingerprint density at radius 2 is 1.26 bits per heavy atom. The molecule has 0 saturated carbocycles. The molecule has 0 aliphatic rings. The van der Waals surface area contributed by atoms with Crippen LogP contribution in [-0.4, -0.2) is 29.8 Å². The predicted octanol–water partition coefficient (Wildman–Crippen LogP) is 6.41. The minimum Gasteiger partial charge on any atom is -0.207 e. The second kappa shape index (κ2) is 11.6. The van der Waals surface area contributed by atoms with Gasteiger partial charge in [-0.05, 0) is 30.7 Å². The zero-order valence-electron chi connectivity index (χ0n) is 21.2. The van der Waals surface area contributed by atoms with Crippen molar-refractivity contribution >= 4 is 28.3 Å². The summed E-state index contributed by atoms with van der Waals surface area (Å²) in [4.78, 5) is 4.77. The van der Waals surface area contributed by atoms with Crippen LogP contribution in [0.25, 0.3) is 28.6 Å². The molecule has 0 aliphatic heterocycles. The Morgan fingerprint density at radius 3 is 1.87 bits per heavy atom. The van der Waals surface area contributed by atoms with Crippen molar-refractivity contribution in [3.63, 3.8) is 0 Å². The molecule has 0 saturated heterocycles. The van der Waals surface area contributed by atoms with Gasteiger partial charge in [-0.3, -0.25) is 0 Å². The van der Waals surface area contributed by atoms with E-state index in [1.807, 2.05) is 104 Å². The zero-order chi connectivity index (χ0) is 27.1. The van der Waals surface area contributed by atoms with Crippen LogP contribution < -0.4 is 4.41 Å². The molecular weight excluding hydrogens is 506 g/mol. The van der Waals surface area contributed by atoms with Gasteiger partial charge in [-0.15, -0.1) is 14.6 Å². The normalized spacial score (nSPS) is 11.7. The van der Waals surface area contributed by atoms with E-state index in [1.165, 1.54) is 18.3 Å². The molecule has 0 radical (unpaired) electrons. The Hall–Kier alpha value is -4.95. The monoisotopic (exact) mass is 531 g/mol. The Bertz CT molecular complexity index is 1710. The molecule has 5 aromatic rings. The van der Waals surface area contributed by atoms with Gasteiger partial charge in [0.15, 0.2) is 0 Å². The molecule has 0 spiro atoms. The Kier molecular flexibility index (Phi) is 7.65. The highest BCUT2D eigenvalue weighted by molar-refractivity contribution is 7.92. The first-order chi connectivity index (χ1) is 19.0. The van der Waals surface area contributed by atoms with Crippen molar-refractivity contribution in [3.05, 3.63) is 132 Å². The fourth-order valence-corrected chi connectivity index (χ4v) is 4.99. The zero-order valence-corrected chi connectivity index (χ0v) is 22.0. The number of aryl methyl sites for hydroxylation is 1. The molecule has 0 aliphatic carbocycles. The Balaban J connectivity index is 1.63. The fraction of sp³-hybridized carbons (Fsp3) is 0.0323. The number of hydrogen-bond donors (Lipinski definition) is 0. The van der Waals surface area contributed by atoms with E-state index in [1.54, 1.807) is 18.2 Å². The van der Waals surface area contributed by atoms with Crippen molar-refractivity contribution in [2.75, 3.05) is 4.41 Å². The molecule has 5 rings (SSSR count). The molecule has 0 N–H and O–H groups in total. The maximum absolute atomic E-state index is 13.8. The topological polar surface area (TPSA) is 88.4 Å². The molecule has 1 aromatic heterocycles. The summed E-state index contributed by atoms with van der Waals surface area (Å²) in [7, 11) is -4.16. The highest BCUT2D eigenvalue weighted by Gasteiger charge is 2.28. The van der Waals surface area contributed by atoms with Crippen LogP contribution in [0.15, 0.2) is 131 Å². The van der Waals surface area contributed by atoms with Crippen LogP contribution in [-0.2, 0) is 10.0 Å². The lowest BCUT2D eigenvalue weighted by atomic mass is 10.0. The molecule has 192 valence electrons. The Labute approximate surface area is 227 Å². The summed E-state index contributed by atoms with van der Waals surface area (Å²) in [5.74, 6) is -0.168. The highest BCUT2D eigenvalue weighted by Crippen LogP contribution is 2.31. The number of nitrogens with zero attached hydrogens (tertiary/aromatic N) is 5. The molecule has 0 fully saturated rings. The van der Waals surface area contributed by atoms with E-state index in [0.717, 1.165) is 26.7 Å². The molecule has 7 nitrogen and oxygen atoms in total. The van der Waals surface area contributed by atoms with Gasteiger partial charge in [-0.2, -0.15) is 13.5 Å². The van der Waals surface area contributed by atoms with Crippen LogP contribution in [0.2, 0.25) is 0 Å². The summed E-state index contributed by atoms with van der Waals surface area (Å²) in [6.45, 7) is 1.89. The average Bonchev–Trinajstić information content (AvgIpc) is 2.98. The summed E-state index contributed by atoms with van der Waals surface area (Å²) in [5.41, 5.74) is 4.50. The van der Waals surface area contributed by atoms with Crippen LogP contribution in [0.4, 0.5) is 5.95 Å². The van der Waals surface area contributed by atoms with E-state index in [-0.39, 0.29) is 10.8 Å². The summed E-state index contributed by atoms with van der Waals surface area (Å²) >= 11 is 0. The second-order valence-corrected chi connectivity index (χ2v) is 10.4. The molecule has 0 amide bonds. The fourth-order valence-electron chi connectivity index (χ4n) is 3.83. The van der Waals surface area contributed by atoms with Gasteiger partial charge in [0.25, 0.3) is 16.0 Å². The minimum absolute atomic E-state index is 0.0642. The number of sulfonamides is 1. The first kappa shape index (κ1) is 25.7. The standard InChI is InChI=1S/C31H25N5O2S/c1-24-19-21-28(22-20-24)39(37,38)36(32-23-11-14-25-12-5-2-6-13-25)31-33-29(26-15-7-3-8-16-26)30(34-35-31)27-17-9-4-10-18-27/h2-23H,1H3/b14-11-,32-23-. The van der Waals surface area contributed by atoms with Gasteiger partial charge in [-0.25, -0.2) is 4.98 Å². The predicted molar refractivity (Wildman–Crippen MR) is 156 cm³/mol. The third-order valence-corrected chi connectivity index (χ3v) is 7.41. The van der Waals surface area contributed by atoms with Crippen molar-refractivity contribution in [1.29, 1.82) is 0 Å². The maximum Gasteiger partial charge on any atom is 0.286 e. The van der Waals surface area contributed by atoms with Crippen LogP contribution >= 0.6 is 0 Å². The summed E-state index contributed by atoms with van der Waals surface area (Å²) in [6.07, 6.45) is 4.89. The van der Waals surface area contributed by atoms with Crippen LogP contribution in [0.5, 0.6) is 0 Å².